The highest BCUT2D eigenvalue weighted by molar-refractivity contribution is 5.69. The summed E-state index contributed by atoms with van der Waals surface area (Å²) in [6.07, 6.45) is 8.75. The molecule has 0 saturated heterocycles. The number of ether oxygens (including phenoxy) is 1. The van der Waals surface area contributed by atoms with E-state index in [-0.39, 0.29) is 34.9 Å². The van der Waals surface area contributed by atoms with E-state index in [1.54, 1.807) is 0 Å². The van der Waals surface area contributed by atoms with Gasteiger partial charge in [-0.3, -0.25) is 4.79 Å². The summed E-state index contributed by atoms with van der Waals surface area (Å²) in [5, 5.41) is 21.7. The van der Waals surface area contributed by atoms with Crippen LogP contribution in [-0.4, -0.2) is 35.5 Å². The zero-order valence-corrected chi connectivity index (χ0v) is 18.2. The van der Waals surface area contributed by atoms with Gasteiger partial charge in [0.1, 0.15) is 0 Å². The summed E-state index contributed by atoms with van der Waals surface area (Å²) < 4.78 is 4.92. The van der Waals surface area contributed by atoms with E-state index < -0.39 is 0 Å². The Morgan fingerprint density at radius 1 is 1.07 bits per heavy atom. The lowest BCUT2D eigenvalue weighted by Gasteiger charge is -2.62. The summed E-state index contributed by atoms with van der Waals surface area (Å²) in [5.74, 6) is 2.98. The predicted octanol–water partition coefficient (Wildman–Crippen LogP) is 4.18. The van der Waals surface area contributed by atoms with Gasteiger partial charge in [0.05, 0.1) is 19.3 Å². The number of carbonyl (C=O) groups excluding carboxylic acids is 1. The molecule has 28 heavy (non-hydrogen) atoms. The number of aliphatic hydroxyl groups excluding tert-OH is 2. The van der Waals surface area contributed by atoms with E-state index in [9.17, 15) is 15.0 Å². The summed E-state index contributed by atoms with van der Waals surface area (Å²) in [4.78, 5) is 11.9. The van der Waals surface area contributed by atoms with Gasteiger partial charge in [-0.1, -0.05) is 20.8 Å². The molecule has 0 amide bonds. The van der Waals surface area contributed by atoms with Crippen molar-refractivity contribution in [3.05, 3.63) is 0 Å². The quantitative estimate of drug-likeness (QED) is 0.707. The maximum absolute atomic E-state index is 11.9. The second kappa shape index (κ2) is 7.27. The standard InChI is InChI=1S/C24H40O4/c1-14(11-22(27)28-4)18-7-8-19-17-6-5-15-12-16(25)9-10-23(15,2)20(17)13-21(26)24(18,19)3/h14-21,25-26H,5-13H2,1-4H3/t14?,15?,16-,17?,18?,19?,20?,21+,23?,24?/m1/s1. The monoisotopic (exact) mass is 392 g/mol. The Morgan fingerprint density at radius 2 is 1.82 bits per heavy atom. The van der Waals surface area contributed by atoms with Crippen molar-refractivity contribution < 1.29 is 19.7 Å². The van der Waals surface area contributed by atoms with Crippen LogP contribution in [0.3, 0.4) is 0 Å². The van der Waals surface area contributed by atoms with Crippen LogP contribution in [0.25, 0.3) is 0 Å². The summed E-state index contributed by atoms with van der Waals surface area (Å²) in [5.41, 5.74) is 0.201. The van der Waals surface area contributed by atoms with Crippen LogP contribution in [0.5, 0.6) is 0 Å². The zero-order chi connectivity index (χ0) is 20.3. The second-order valence-electron chi connectivity index (χ2n) is 11.1. The van der Waals surface area contributed by atoms with Crippen LogP contribution in [0.2, 0.25) is 0 Å². The first kappa shape index (κ1) is 20.7. The third-order valence-corrected chi connectivity index (χ3v) is 10.2. The fourth-order valence-electron chi connectivity index (χ4n) is 8.65. The van der Waals surface area contributed by atoms with E-state index in [0.717, 1.165) is 32.1 Å². The molecule has 4 aliphatic carbocycles. The van der Waals surface area contributed by atoms with E-state index in [2.05, 4.69) is 20.8 Å². The van der Waals surface area contributed by atoms with Crippen molar-refractivity contribution in [3.8, 4) is 0 Å². The molecule has 0 radical (unpaired) electrons. The van der Waals surface area contributed by atoms with Crippen LogP contribution in [0.15, 0.2) is 0 Å². The van der Waals surface area contributed by atoms with Crippen molar-refractivity contribution in [1.82, 2.24) is 0 Å². The summed E-state index contributed by atoms with van der Waals surface area (Å²) >= 11 is 0. The van der Waals surface area contributed by atoms with E-state index in [4.69, 9.17) is 4.74 Å². The van der Waals surface area contributed by atoms with Gasteiger partial charge in [-0.15, -0.1) is 0 Å². The SMILES string of the molecule is COC(=O)CC(C)C1CCC2C3CCC4C[C@H](O)CCC4(C)C3C[C@H](O)C12C. The molecule has 8 unspecified atom stereocenters. The molecule has 4 rings (SSSR count). The molecule has 160 valence electrons. The molecule has 0 aromatic rings. The molecule has 4 heteroatoms. The zero-order valence-electron chi connectivity index (χ0n) is 18.2. The lowest BCUT2D eigenvalue weighted by atomic mass is 9.43. The van der Waals surface area contributed by atoms with Gasteiger partial charge in [-0.25, -0.2) is 0 Å². The Hall–Kier alpha value is -0.610. The Morgan fingerprint density at radius 3 is 2.54 bits per heavy atom. The van der Waals surface area contributed by atoms with Crippen molar-refractivity contribution in [2.75, 3.05) is 7.11 Å². The molecule has 0 aromatic heterocycles. The van der Waals surface area contributed by atoms with Gasteiger partial charge in [0.25, 0.3) is 0 Å². The molecular formula is C24H40O4. The van der Waals surface area contributed by atoms with Gasteiger partial charge in [0.2, 0.25) is 0 Å². The molecule has 0 aliphatic heterocycles. The van der Waals surface area contributed by atoms with E-state index in [1.807, 2.05) is 0 Å². The Balaban J connectivity index is 1.58. The molecule has 2 N–H and O–H groups in total. The van der Waals surface area contributed by atoms with Gasteiger partial charge in [-0.2, -0.15) is 0 Å². The number of fused-ring (bicyclic) bond motifs is 5. The number of hydrogen-bond acceptors (Lipinski definition) is 4. The van der Waals surface area contributed by atoms with Crippen LogP contribution in [0.4, 0.5) is 0 Å². The van der Waals surface area contributed by atoms with Gasteiger partial charge in [0.15, 0.2) is 0 Å². The topological polar surface area (TPSA) is 66.8 Å². The number of hydrogen-bond donors (Lipinski definition) is 2. The average Bonchev–Trinajstić information content (AvgIpc) is 3.02. The van der Waals surface area contributed by atoms with Crippen molar-refractivity contribution in [1.29, 1.82) is 0 Å². The van der Waals surface area contributed by atoms with Crippen molar-refractivity contribution in [2.24, 2.45) is 46.3 Å². The minimum Gasteiger partial charge on any atom is -0.469 e. The molecule has 0 bridgehead atoms. The molecular weight excluding hydrogens is 352 g/mol. The molecule has 4 fully saturated rings. The van der Waals surface area contributed by atoms with Crippen LogP contribution in [0, 0.1) is 46.3 Å². The van der Waals surface area contributed by atoms with Crippen molar-refractivity contribution in [3.63, 3.8) is 0 Å². The second-order valence-corrected chi connectivity index (χ2v) is 11.1. The average molecular weight is 393 g/mol. The smallest absolute Gasteiger partial charge is 0.305 e. The lowest BCUT2D eigenvalue weighted by molar-refractivity contribution is -0.175. The van der Waals surface area contributed by atoms with Crippen molar-refractivity contribution in [2.45, 2.75) is 90.8 Å². The molecule has 4 aliphatic rings. The number of methoxy groups -OCH3 is 1. The van der Waals surface area contributed by atoms with E-state index in [0.29, 0.717) is 36.0 Å². The molecule has 4 nitrogen and oxygen atoms in total. The molecule has 10 atom stereocenters. The first-order valence-corrected chi connectivity index (χ1v) is 11.6. The summed E-state index contributed by atoms with van der Waals surface area (Å²) in [6.45, 7) is 6.96. The Kier molecular flexibility index (Phi) is 5.36. The minimum atomic E-state index is -0.284. The molecule has 0 aromatic carbocycles. The number of aliphatic hydroxyl groups is 2. The van der Waals surface area contributed by atoms with Crippen molar-refractivity contribution >= 4 is 5.97 Å². The minimum absolute atomic E-state index is 0.0774. The van der Waals surface area contributed by atoms with Gasteiger partial charge in [-0.05, 0) is 97.7 Å². The van der Waals surface area contributed by atoms with Crippen LogP contribution in [0.1, 0.15) is 78.6 Å². The number of carbonyl (C=O) groups is 1. The molecule has 0 heterocycles. The maximum Gasteiger partial charge on any atom is 0.305 e. The summed E-state index contributed by atoms with van der Waals surface area (Å²) in [7, 11) is 1.47. The van der Waals surface area contributed by atoms with Crippen LogP contribution in [-0.2, 0) is 9.53 Å². The van der Waals surface area contributed by atoms with Crippen LogP contribution < -0.4 is 0 Å². The fourth-order valence-corrected chi connectivity index (χ4v) is 8.65. The summed E-state index contributed by atoms with van der Waals surface area (Å²) in [6, 6.07) is 0. The maximum atomic E-state index is 11.9. The highest BCUT2D eigenvalue weighted by Crippen LogP contribution is 2.68. The third-order valence-electron chi connectivity index (χ3n) is 10.2. The molecule has 0 spiro atoms. The normalized spacial score (nSPS) is 51.6. The van der Waals surface area contributed by atoms with Gasteiger partial charge in [0, 0.05) is 6.42 Å². The first-order valence-electron chi connectivity index (χ1n) is 11.6. The van der Waals surface area contributed by atoms with Gasteiger partial charge < -0.3 is 14.9 Å². The lowest BCUT2D eigenvalue weighted by Crippen LogP contribution is -2.58. The molecule has 4 saturated carbocycles. The predicted molar refractivity (Wildman–Crippen MR) is 108 cm³/mol. The third kappa shape index (κ3) is 2.96. The largest absolute Gasteiger partial charge is 0.469 e. The van der Waals surface area contributed by atoms with Gasteiger partial charge >= 0.3 is 5.97 Å². The highest BCUT2D eigenvalue weighted by Gasteiger charge is 2.63. The Bertz CT molecular complexity index is 605. The van der Waals surface area contributed by atoms with E-state index in [1.165, 1.54) is 26.4 Å². The number of esters is 1. The highest BCUT2D eigenvalue weighted by atomic mass is 16.5. The fraction of sp³-hybridized carbons (Fsp3) is 0.958. The van der Waals surface area contributed by atoms with E-state index >= 15 is 0 Å². The van der Waals surface area contributed by atoms with Crippen LogP contribution >= 0.6 is 0 Å². The number of rotatable bonds is 3. The first-order chi connectivity index (χ1) is 13.2. The Labute approximate surface area is 170 Å².